The number of aliphatic hydroxyl groups excluding tert-OH is 1. The number of nitrogens with one attached hydrogen (secondary N) is 1. The zero-order valence-corrected chi connectivity index (χ0v) is 11.6. The first-order chi connectivity index (χ1) is 9.78. The Hall–Kier alpha value is -2.17. The van der Waals surface area contributed by atoms with E-state index in [0.717, 1.165) is 10.4 Å². The molecular formula is C13H14N4O2S. The maximum absolute atomic E-state index is 11.7. The molecule has 2 aromatic heterocycles. The van der Waals surface area contributed by atoms with Gasteiger partial charge in [-0.1, -0.05) is 17.1 Å². The van der Waals surface area contributed by atoms with E-state index in [1.54, 1.807) is 17.1 Å². The molecule has 0 aromatic carbocycles. The van der Waals surface area contributed by atoms with Gasteiger partial charge in [0.2, 0.25) is 5.91 Å². The summed E-state index contributed by atoms with van der Waals surface area (Å²) in [6, 6.07) is 1.91. The molecule has 0 aliphatic rings. The molecule has 0 atom stereocenters. The lowest BCUT2D eigenvalue weighted by Gasteiger charge is -2.03. The molecule has 6 nitrogen and oxygen atoms in total. The summed E-state index contributed by atoms with van der Waals surface area (Å²) in [5.74, 6) is 5.38. The zero-order valence-electron chi connectivity index (χ0n) is 10.7. The predicted molar refractivity (Wildman–Crippen MR) is 74.8 cm³/mol. The lowest BCUT2D eigenvalue weighted by atomic mass is 10.3. The van der Waals surface area contributed by atoms with Crippen LogP contribution in [0, 0.1) is 11.8 Å². The molecule has 20 heavy (non-hydrogen) atoms. The summed E-state index contributed by atoms with van der Waals surface area (Å²) >= 11 is 1.53. The van der Waals surface area contributed by atoms with Crippen molar-refractivity contribution < 1.29 is 9.90 Å². The zero-order chi connectivity index (χ0) is 14.2. The Morgan fingerprint density at radius 2 is 2.45 bits per heavy atom. The highest BCUT2D eigenvalue weighted by Gasteiger charge is 2.04. The molecule has 104 valence electrons. The third-order valence-electron chi connectivity index (χ3n) is 2.47. The average molecular weight is 290 g/mol. The molecular weight excluding hydrogens is 276 g/mol. The third kappa shape index (κ3) is 4.50. The van der Waals surface area contributed by atoms with E-state index >= 15 is 0 Å². The number of aliphatic hydroxyl groups is 1. The maximum Gasteiger partial charge on any atom is 0.222 e. The van der Waals surface area contributed by atoms with Crippen molar-refractivity contribution in [1.82, 2.24) is 20.3 Å². The minimum atomic E-state index is -0.149. The first-order valence-corrected chi connectivity index (χ1v) is 6.94. The number of aryl methyl sites for hydroxylation is 1. The fourth-order valence-corrected chi connectivity index (χ4v) is 2.28. The third-order valence-corrected chi connectivity index (χ3v) is 3.40. The summed E-state index contributed by atoms with van der Waals surface area (Å²) in [5.41, 5.74) is 0.857. The van der Waals surface area contributed by atoms with Crippen LogP contribution in [-0.4, -0.2) is 32.6 Å². The molecule has 0 saturated heterocycles. The minimum absolute atomic E-state index is 0.0307. The number of hydrogen-bond acceptors (Lipinski definition) is 5. The molecule has 0 spiro atoms. The van der Waals surface area contributed by atoms with E-state index in [-0.39, 0.29) is 12.5 Å². The van der Waals surface area contributed by atoms with Crippen LogP contribution in [0.15, 0.2) is 23.8 Å². The van der Waals surface area contributed by atoms with Crippen molar-refractivity contribution in [1.29, 1.82) is 0 Å². The van der Waals surface area contributed by atoms with Gasteiger partial charge in [-0.3, -0.25) is 9.48 Å². The number of carbonyl (C=O) groups excluding carboxylic acids is 1. The number of aromatic nitrogens is 3. The van der Waals surface area contributed by atoms with E-state index < -0.39 is 0 Å². The van der Waals surface area contributed by atoms with Crippen LogP contribution < -0.4 is 5.32 Å². The highest BCUT2D eigenvalue weighted by atomic mass is 32.1. The van der Waals surface area contributed by atoms with Crippen LogP contribution in [0.4, 0.5) is 0 Å². The van der Waals surface area contributed by atoms with Crippen LogP contribution in [0.3, 0.4) is 0 Å². The largest absolute Gasteiger partial charge is 0.384 e. The van der Waals surface area contributed by atoms with Gasteiger partial charge in [-0.25, -0.2) is 0 Å². The van der Waals surface area contributed by atoms with E-state index in [1.807, 2.05) is 11.4 Å². The SMILES string of the molecule is O=C(CCn1ccnn1)NCc1cc(C#CCO)cs1. The standard InChI is InChI=1S/C13H14N4O2S/c18-7-1-2-11-8-12(20-10-11)9-14-13(19)3-5-17-6-4-15-16-17/h4,6,8,10,18H,3,5,7,9H2,(H,14,19). The molecule has 0 aliphatic carbocycles. The Morgan fingerprint density at radius 1 is 1.55 bits per heavy atom. The molecule has 0 unspecified atom stereocenters. The Kier molecular flexibility index (Phi) is 5.29. The van der Waals surface area contributed by atoms with Crippen molar-refractivity contribution in [3.8, 4) is 11.8 Å². The number of amides is 1. The normalized spacial score (nSPS) is 9.85. The Labute approximate surface area is 120 Å². The molecule has 2 N–H and O–H groups in total. The second-order valence-electron chi connectivity index (χ2n) is 3.95. The van der Waals surface area contributed by atoms with E-state index in [0.29, 0.717) is 19.5 Å². The lowest BCUT2D eigenvalue weighted by Crippen LogP contribution is -2.23. The first-order valence-electron chi connectivity index (χ1n) is 6.06. The fourth-order valence-electron chi connectivity index (χ4n) is 1.52. The van der Waals surface area contributed by atoms with Gasteiger partial charge in [-0.15, -0.1) is 16.4 Å². The number of hydrogen-bond donors (Lipinski definition) is 2. The van der Waals surface area contributed by atoms with Gasteiger partial charge in [0.1, 0.15) is 6.61 Å². The van der Waals surface area contributed by atoms with Gasteiger partial charge in [-0.05, 0) is 6.07 Å². The highest BCUT2D eigenvalue weighted by molar-refractivity contribution is 7.10. The Balaban J connectivity index is 1.74. The van der Waals surface area contributed by atoms with Gasteiger partial charge in [0.25, 0.3) is 0 Å². The van der Waals surface area contributed by atoms with Crippen molar-refractivity contribution in [3.05, 3.63) is 34.3 Å². The highest BCUT2D eigenvalue weighted by Crippen LogP contribution is 2.13. The molecule has 0 saturated carbocycles. The average Bonchev–Trinajstić information content (AvgIpc) is 3.12. The number of rotatable bonds is 5. The lowest BCUT2D eigenvalue weighted by molar-refractivity contribution is -0.121. The summed E-state index contributed by atoms with van der Waals surface area (Å²) in [5, 5.41) is 20.8. The van der Waals surface area contributed by atoms with Gasteiger partial charge < -0.3 is 10.4 Å². The molecule has 1 amide bonds. The molecule has 0 radical (unpaired) electrons. The fraction of sp³-hybridized carbons (Fsp3) is 0.308. The van der Waals surface area contributed by atoms with Crippen LogP contribution in [-0.2, 0) is 17.9 Å². The monoisotopic (exact) mass is 290 g/mol. The van der Waals surface area contributed by atoms with E-state index in [4.69, 9.17) is 5.11 Å². The van der Waals surface area contributed by atoms with Gasteiger partial charge >= 0.3 is 0 Å². The van der Waals surface area contributed by atoms with E-state index in [1.165, 1.54) is 11.3 Å². The van der Waals surface area contributed by atoms with E-state index in [9.17, 15) is 4.79 Å². The second-order valence-corrected chi connectivity index (χ2v) is 4.95. The smallest absolute Gasteiger partial charge is 0.222 e. The van der Waals surface area contributed by atoms with Crippen LogP contribution in [0.1, 0.15) is 16.9 Å². The number of thiophene rings is 1. The molecule has 2 rings (SSSR count). The maximum atomic E-state index is 11.7. The van der Waals surface area contributed by atoms with Crippen LogP contribution in [0.2, 0.25) is 0 Å². The minimum Gasteiger partial charge on any atom is -0.384 e. The van der Waals surface area contributed by atoms with Crippen LogP contribution >= 0.6 is 11.3 Å². The summed E-state index contributed by atoms with van der Waals surface area (Å²) in [6.07, 6.45) is 3.67. The van der Waals surface area contributed by atoms with Crippen molar-refractivity contribution in [3.63, 3.8) is 0 Å². The van der Waals surface area contributed by atoms with Crippen LogP contribution in [0.5, 0.6) is 0 Å². The molecule has 0 fully saturated rings. The summed E-state index contributed by atoms with van der Waals surface area (Å²) < 4.78 is 1.62. The summed E-state index contributed by atoms with van der Waals surface area (Å²) in [7, 11) is 0. The molecule has 2 aromatic rings. The first kappa shape index (κ1) is 14.2. The summed E-state index contributed by atoms with van der Waals surface area (Å²) in [4.78, 5) is 12.7. The van der Waals surface area contributed by atoms with Crippen LogP contribution in [0.25, 0.3) is 0 Å². The quantitative estimate of drug-likeness (QED) is 0.781. The van der Waals surface area contributed by atoms with Gasteiger partial charge in [0.15, 0.2) is 0 Å². The molecule has 0 bridgehead atoms. The second kappa shape index (κ2) is 7.43. The Bertz CT molecular complexity index is 610. The number of carbonyl (C=O) groups is 1. The molecule has 0 aliphatic heterocycles. The van der Waals surface area contributed by atoms with Crippen molar-refractivity contribution >= 4 is 17.2 Å². The van der Waals surface area contributed by atoms with Gasteiger partial charge in [0.05, 0.1) is 19.3 Å². The molecule has 2 heterocycles. The topological polar surface area (TPSA) is 80.0 Å². The number of nitrogens with zero attached hydrogens (tertiary/aromatic N) is 3. The summed E-state index contributed by atoms with van der Waals surface area (Å²) in [6.45, 7) is 0.857. The molecule has 7 heteroatoms. The Morgan fingerprint density at radius 3 is 3.20 bits per heavy atom. The van der Waals surface area contributed by atoms with E-state index in [2.05, 4.69) is 27.5 Å². The predicted octanol–water partition coefficient (Wildman–Crippen LogP) is 0.390. The van der Waals surface area contributed by atoms with Crippen molar-refractivity contribution in [2.24, 2.45) is 0 Å². The van der Waals surface area contributed by atoms with Gasteiger partial charge in [0, 0.05) is 28.4 Å². The van der Waals surface area contributed by atoms with Gasteiger partial charge in [-0.2, -0.15) is 0 Å². The van der Waals surface area contributed by atoms with Crippen molar-refractivity contribution in [2.75, 3.05) is 6.61 Å². The van der Waals surface area contributed by atoms with Crippen molar-refractivity contribution in [2.45, 2.75) is 19.5 Å².